The van der Waals surface area contributed by atoms with Gasteiger partial charge in [-0.1, -0.05) is 49.0 Å². The zero-order valence-corrected chi connectivity index (χ0v) is 13.0. The lowest BCUT2D eigenvalue weighted by Crippen LogP contribution is -2.32. The number of hydrogen-bond acceptors (Lipinski definition) is 3. The van der Waals surface area contributed by atoms with E-state index in [-0.39, 0.29) is 10.6 Å². The van der Waals surface area contributed by atoms with Gasteiger partial charge in [0.25, 0.3) is 11.8 Å². The fourth-order valence-corrected chi connectivity index (χ4v) is 2.72. The SMILES string of the molecule is CCCCCN1C(=O)C(O)=C(c2ccc(Cl)cc2Cl)C1=O. The summed E-state index contributed by atoms with van der Waals surface area (Å²) in [6.07, 6.45) is 2.60. The maximum atomic E-state index is 12.4. The molecule has 1 N–H and O–H groups in total. The Labute approximate surface area is 133 Å². The standard InChI is InChI=1S/C15H15Cl2NO3/c1-2-3-4-7-18-14(20)12(13(19)15(18)21)10-6-5-9(16)8-11(10)17/h5-6,8,19H,2-4,7H2,1H3. The van der Waals surface area contributed by atoms with Gasteiger partial charge in [-0.25, -0.2) is 0 Å². The van der Waals surface area contributed by atoms with E-state index >= 15 is 0 Å². The Hall–Kier alpha value is -1.52. The minimum atomic E-state index is -0.669. The summed E-state index contributed by atoms with van der Waals surface area (Å²) in [6.45, 7) is 2.33. The van der Waals surface area contributed by atoms with Crippen LogP contribution in [0.25, 0.3) is 5.57 Å². The number of rotatable bonds is 5. The van der Waals surface area contributed by atoms with Crippen molar-refractivity contribution in [3.63, 3.8) is 0 Å². The topological polar surface area (TPSA) is 57.6 Å². The largest absolute Gasteiger partial charge is 0.502 e. The summed E-state index contributed by atoms with van der Waals surface area (Å²) >= 11 is 11.9. The van der Waals surface area contributed by atoms with Gasteiger partial charge in [0.1, 0.15) is 0 Å². The van der Waals surface area contributed by atoms with E-state index < -0.39 is 17.6 Å². The van der Waals surface area contributed by atoms with Gasteiger partial charge in [0.05, 0.1) is 10.6 Å². The third-order valence-corrected chi connectivity index (χ3v) is 3.88. The predicted octanol–water partition coefficient (Wildman–Crippen LogP) is 3.82. The quantitative estimate of drug-likeness (QED) is 0.660. The molecule has 1 aromatic rings. The molecule has 2 amide bonds. The molecule has 0 unspecified atom stereocenters. The van der Waals surface area contributed by atoms with Gasteiger partial charge in [0.2, 0.25) is 0 Å². The minimum absolute atomic E-state index is 0.0573. The first-order valence-corrected chi connectivity index (χ1v) is 7.47. The average Bonchev–Trinajstić information content (AvgIpc) is 2.64. The number of unbranched alkanes of at least 4 members (excludes halogenated alkanes) is 2. The van der Waals surface area contributed by atoms with E-state index in [0.717, 1.165) is 17.7 Å². The van der Waals surface area contributed by atoms with Gasteiger partial charge in [-0.3, -0.25) is 14.5 Å². The number of aliphatic hydroxyl groups excluding tert-OH is 1. The summed E-state index contributed by atoms with van der Waals surface area (Å²) in [7, 11) is 0. The van der Waals surface area contributed by atoms with Gasteiger partial charge in [-0.15, -0.1) is 0 Å². The monoisotopic (exact) mass is 327 g/mol. The predicted molar refractivity (Wildman–Crippen MR) is 82.3 cm³/mol. The molecule has 21 heavy (non-hydrogen) atoms. The Bertz CT molecular complexity index is 625. The van der Waals surface area contributed by atoms with E-state index in [2.05, 4.69) is 0 Å². The molecule has 2 rings (SSSR count). The van der Waals surface area contributed by atoms with E-state index in [1.54, 1.807) is 6.07 Å². The maximum Gasteiger partial charge on any atom is 0.296 e. The molecule has 1 heterocycles. The Balaban J connectivity index is 2.31. The molecule has 0 aliphatic carbocycles. The first-order chi connectivity index (χ1) is 9.97. The molecule has 0 radical (unpaired) electrons. The van der Waals surface area contributed by atoms with Crippen LogP contribution in [0.3, 0.4) is 0 Å². The van der Waals surface area contributed by atoms with Crippen LogP contribution in [0, 0.1) is 0 Å². The fraction of sp³-hybridized carbons (Fsp3) is 0.333. The van der Waals surface area contributed by atoms with E-state index in [4.69, 9.17) is 23.2 Å². The van der Waals surface area contributed by atoms with Crippen LogP contribution in [-0.2, 0) is 9.59 Å². The molecule has 1 aliphatic heterocycles. The molecule has 0 atom stereocenters. The van der Waals surface area contributed by atoms with Crippen molar-refractivity contribution in [2.24, 2.45) is 0 Å². The second-order valence-corrected chi connectivity index (χ2v) is 5.66. The number of halogens is 2. The molecule has 1 aromatic carbocycles. The lowest BCUT2D eigenvalue weighted by molar-refractivity contribution is -0.138. The third kappa shape index (κ3) is 3.06. The molecule has 0 saturated carbocycles. The van der Waals surface area contributed by atoms with E-state index in [0.29, 0.717) is 23.6 Å². The van der Waals surface area contributed by atoms with Crippen molar-refractivity contribution in [1.82, 2.24) is 4.90 Å². The molecule has 0 aromatic heterocycles. The smallest absolute Gasteiger partial charge is 0.296 e. The number of nitrogens with zero attached hydrogens (tertiary/aromatic N) is 1. The Kier molecular flexibility index (Phi) is 4.91. The summed E-state index contributed by atoms with van der Waals surface area (Å²) in [5.74, 6) is -1.74. The zero-order valence-electron chi connectivity index (χ0n) is 11.5. The average molecular weight is 328 g/mol. The lowest BCUT2D eigenvalue weighted by atomic mass is 10.1. The number of aliphatic hydroxyl groups is 1. The zero-order chi connectivity index (χ0) is 15.6. The number of carbonyl (C=O) groups excluding carboxylic acids is 2. The van der Waals surface area contributed by atoms with Gasteiger partial charge in [-0.05, 0) is 18.6 Å². The highest BCUT2D eigenvalue weighted by molar-refractivity contribution is 6.40. The molecular formula is C15H15Cl2NO3. The van der Waals surface area contributed by atoms with Crippen molar-refractivity contribution in [2.45, 2.75) is 26.2 Å². The number of hydrogen-bond donors (Lipinski definition) is 1. The number of benzene rings is 1. The van der Waals surface area contributed by atoms with Gasteiger partial charge in [-0.2, -0.15) is 0 Å². The van der Waals surface area contributed by atoms with Gasteiger partial charge < -0.3 is 5.11 Å². The summed E-state index contributed by atoms with van der Waals surface area (Å²) < 4.78 is 0. The highest BCUT2D eigenvalue weighted by Gasteiger charge is 2.39. The maximum absolute atomic E-state index is 12.4. The van der Waals surface area contributed by atoms with Gasteiger partial charge in [0.15, 0.2) is 5.76 Å². The summed E-state index contributed by atoms with van der Waals surface area (Å²) in [4.78, 5) is 25.4. The van der Waals surface area contributed by atoms with Crippen LogP contribution in [0.15, 0.2) is 24.0 Å². The van der Waals surface area contributed by atoms with Crippen LogP contribution >= 0.6 is 23.2 Å². The number of carbonyl (C=O) groups is 2. The molecule has 0 fully saturated rings. The Morgan fingerprint density at radius 3 is 2.48 bits per heavy atom. The third-order valence-electron chi connectivity index (χ3n) is 3.33. The van der Waals surface area contributed by atoms with Crippen molar-refractivity contribution in [1.29, 1.82) is 0 Å². The van der Waals surface area contributed by atoms with Crippen molar-refractivity contribution in [3.05, 3.63) is 39.6 Å². The molecule has 6 heteroatoms. The number of imide groups is 1. The Morgan fingerprint density at radius 2 is 1.86 bits per heavy atom. The van der Waals surface area contributed by atoms with Crippen LogP contribution < -0.4 is 0 Å². The lowest BCUT2D eigenvalue weighted by Gasteiger charge is -2.14. The van der Waals surface area contributed by atoms with Crippen molar-refractivity contribution in [2.75, 3.05) is 6.54 Å². The summed E-state index contributed by atoms with van der Waals surface area (Å²) in [6, 6.07) is 4.55. The van der Waals surface area contributed by atoms with Crippen LogP contribution in [0.4, 0.5) is 0 Å². The molecule has 0 spiro atoms. The van der Waals surface area contributed by atoms with Gasteiger partial charge in [0, 0.05) is 17.1 Å². The van der Waals surface area contributed by atoms with E-state index in [1.807, 2.05) is 6.92 Å². The fourth-order valence-electron chi connectivity index (χ4n) is 2.22. The molecule has 112 valence electrons. The van der Waals surface area contributed by atoms with Crippen molar-refractivity contribution < 1.29 is 14.7 Å². The molecule has 4 nitrogen and oxygen atoms in total. The van der Waals surface area contributed by atoms with Crippen LogP contribution in [-0.4, -0.2) is 28.4 Å². The molecule has 1 aliphatic rings. The summed E-state index contributed by atoms with van der Waals surface area (Å²) in [5.41, 5.74) is 0.257. The highest BCUT2D eigenvalue weighted by atomic mass is 35.5. The highest BCUT2D eigenvalue weighted by Crippen LogP contribution is 2.33. The van der Waals surface area contributed by atoms with Crippen LogP contribution in [0.2, 0.25) is 10.0 Å². The van der Waals surface area contributed by atoms with Crippen LogP contribution in [0.1, 0.15) is 31.7 Å². The first-order valence-electron chi connectivity index (χ1n) is 6.72. The molecule has 0 saturated heterocycles. The second-order valence-electron chi connectivity index (χ2n) is 4.82. The Morgan fingerprint density at radius 1 is 1.14 bits per heavy atom. The molecular weight excluding hydrogens is 313 g/mol. The van der Waals surface area contributed by atoms with Gasteiger partial charge >= 0.3 is 0 Å². The second kappa shape index (κ2) is 6.50. The van der Waals surface area contributed by atoms with Crippen molar-refractivity contribution >= 4 is 40.6 Å². The number of amides is 2. The van der Waals surface area contributed by atoms with Crippen LogP contribution in [0.5, 0.6) is 0 Å². The van der Waals surface area contributed by atoms with Crippen molar-refractivity contribution in [3.8, 4) is 0 Å². The normalized spacial score (nSPS) is 15.3. The molecule has 0 bridgehead atoms. The van der Waals surface area contributed by atoms with E-state index in [1.165, 1.54) is 12.1 Å². The summed E-state index contributed by atoms with van der Waals surface area (Å²) in [5, 5.41) is 10.6. The first kappa shape index (κ1) is 15.9. The van der Waals surface area contributed by atoms with E-state index in [9.17, 15) is 14.7 Å². The minimum Gasteiger partial charge on any atom is -0.502 e.